The number of aliphatic hydroxyl groups excluding tert-OH is 1. The highest BCUT2D eigenvalue weighted by Gasteiger charge is 2.25. The summed E-state index contributed by atoms with van der Waals surface area (Å²) in [4.78, 5) is 15.9. The SMILES string of the molecule is COc1ncccc1-c1nc(C2COCCN2)cc(N2CCC(O)C2)n1. The van der Waals surface area contributed by atoms with E-state index in [1.807, 2.05) is 18.2 Å². The fourth-order valence-corrected chi connectivity index (χ4v) is 3.34. The third kappa shape index (κ3) is 3.48. The summed E-state index contributed by atoms with van der Waals surface area (Å²) in [5, 5.41) is 13.3. The third-order valence-electron chi connectivity index (χ3n) is 4.70. The van der Waals surface area contributed by atoms with E-state index in [1.54, 1.807) is 13.3 Å². The molecule has 0 radical (unpaired) electrons. The van der Waals surface area contributed by atoms with Gasteiger partial charge in [0.15, 0.2) is 5.82 Å². The van der Waals surface area contributed by atoms with Crippen LogP contribution in [0.4, 0.5) is 5.82 Å². The second-order valence-electron chi connectivity index (χ2n) is 6.50. The number of nitrogens with one attached hydrogen (secondary N) is 1. The molecule has 0 amide bonds. The van der Waals surface area contributed by atoms with Gasteiger partial charge in [0.05, 0.1) is 43.7 Å². The van der Waals surface area contributed by atoms with E-state index in [2.05, 4.69) is 15.2 Å². The summed E-state index contributed by atoms with van der Waals surface area (Å²) in [5.41, 5.74) is 1.62. The highest BCUT2D eigenvalue weighted by Crippen LogP contribution is 2.29. The van der Waals surface area contributed by atoms with Gasteiger partial charge in [0.2, 0.25) is 5.88 Å². The minimum Gasteiger partial charge on any atom is -0.480 e. The molecule has 0 bridgehead atoms. The van der Waals surface area contributed by atoms with E-state index in [4.69, 9.17) is 19.4 Å². The first-order chi connectivity index (χ1) is 12.7. The number of β-amino-alcohol motifs (C(OH)–C–C–N with tert-alkyl or cyclic N) is 1. The topological polar surface area (TPSA) is 92.6 Å². The summed E-state index contributed by atoms with van der Waals surface area (Å²) in [6.07, 6.45) is 2.11. The summed E-state index contributed by atoms with van der Waals surface area (Å²) in [7, 11) is 1.59. The monoisotopic (exact) mass is 357 g/mol. The lowest BCUT2D eigenvalue weighted by Gasteiger charge is -2.25. The van der Waals surface area contributed by atoms with Gasteiger partial charge < -0.3 is 24.8 Å². The van der Waals surface area contributed by atoms with Crippen molar-refractivity contribution in [1.82, 2.24) is 20.3 Å². The second kappa shape index (κ2) is 7.53. The standard InChI is InChI=1S/C18H23N5O3/c1-25-18-13(3-2-5-20-18)17-21-14(15-11-26-8-6-19-15)9-16(22-17)23-7-4-12(24)10-23/h2-3,5,9,12,15,19,24H,4,6-8,10-11H2,1H3. The molecule has 2 saturated heterocycles. The van der Waals surface area contributed by atoms with Crippen LogP contribution in [0.1, 0.15) is 18.2 Å². The molecule has 4 heterocycles. The zero-order valence-electron chi connectivity index (χ0n) is 14.8. The minimum atomic E-state index is -0.319. The molecule has 26 heavy (non-hydrogen) atoms. The molecule has 2 aliphatic heterocycles. The highest BCUT2D eigenvalue weighted by molar-refractivity contribution is 5.63. The number of hydrogen-bond acceptors (Lipinski definition) is 8. The number of pyridine rings is 1. The molecule has 2 fully saturated rings. The second-order valence-corrected chi connectivity index (χ2v) is 6.50. The number of aliphatic hydroxyl groups is 1. The average Bonchev–Trinajstić information content (AvgIpc) is 3.14. The molecule has 2 unspecified atom stereocenters. The van der Waals surface area contributed by atoms with E-state index in [9.17, 15) is 5.11 Å². The Hall–Kier alpha value is -2.29. The lowest BCUT2D eigenvalue weighted by atomic mass is 10.1. The number of ether oxygens (including phenoxy) is 2. The first-order valence-electron chi connectivity index (χ1n) is 8.87. The van der Waals surface area contributed by atoms with E-state index < -0.39 is 0 Å². The average molecular weight is 357 g/mol. The van der Waals surface area contributed by atoms with Crippen LogP contribution in [0.25, 0.3) is 11.4 Å². The molecule has 0 aliphatic carbocycles. The van der Waals surface area contributed by atoms with Crippen LogP contribution in [-0.2, 0) is 4.74 Å². The maximum atomic E-state index is 9.90. The van der Waals surface area contributed by atoms with E-state index in [-0.39, 0.29) is 12.1 Å². The number of hydrogen-bond donors (Lipinski definition) is 2. The minimum absolute atomic E-state index is 0.0134. The van der Waals surface area contributed by atoms with E-state index >= 15 is 0 Å². The maximum Gasteiger partial charge on any atom is 0.224 e. The van der Waals surface area contributed by atoms with E-state index in [1.165, 1.54) is 0 Å². The number of morpholine rings is 1. The van der Waals surface area contributed by atoms with Crippen molar-refractivity contribution in [1.29, 1.82) is 0 Å². The van der Waals surface area contributed by atoms with E-state index in [0.29, 0.717) is 31.5 Å². The van der Waals surface area contributed by atoms with Crippen LogP contribution in [0.5, 0.6) is 5.88 Å². The van der Waals surface area contributed by atoms with Crippen LogP contribution in [0, 0.1) is 0 Å². The molecule has 8 heteroatoms. The molecular weight excluding hydrogens is 334 g/mol. The first-order valence-corrected chi connectivity index (χ1v) is 8.87. The van der Waals surface area contributed by atoms with Gasteiger partial charge in [-0.15, -0.1) is 0 Å². The summed E-state index contributed by atoms with van der Waals surface area (Å²) in [6, 6.07) is 5.74. The Morgan fingerprint density at radius 3 is 3.04 bits per heavy atom. The van der Waals surface area contributed by atoms with Gasteiger partial charge >= 0.3 is 0 Å². The molecule has 2 aromatic heterocycles. The summed E-state index contributed by atoms with van der Waals surface area (Å²) < 4.78 is 11.0. The number of methoxy groups -OCH3 is 1. The number of nitrogens with zero attached hydrogens (tertiary/aromatic N) is 4. The number of aromatic nitrogens is 3. The molecule has 4 rings (SSSR count). The van der Waals surface area contributed by atoms with Crippen molar-refractivity contribution in [2.24, 2.45) is 0 Å². The molecule has 2 N–H and O–H groups in total. The molecule has 2 aromatic rings. The molecule has 0 spiro atoms. The van der Waals surface area contributed by atoms with Gasteiger partial charge in [0, 0.05) is 31.9 Å². The van der Waals surface area contributed by atoms with Crippen molar-refractivity contribution in [3.8, 4) is 17.3 Å². The zero-order valence-corrected chi connectivity index (χ0v) is 14.8. The van der Waals surface area contributed by atoms with Gasteiger partial charge in [-0.3, -0.25) is 0 Å². The molecule has 2 atom stereocenters. The van der Waals surface area contributed by atoms with Gasteiger partial charge in [0.25, 0.3) is 0 Å². The van der Waals surface area contributed by atoms with Crippen LogP contribution >= 0.6 is 0 Å². The maximum absolute atomic E-state index is 9.90. The van der Waals surface area contributed by atoms with Crippen molar-refractivity contribution < 1.29 is 14.6 Å². The van der Waals surface area contributed by atoms with Crippen molar-refractivity contribution >= 4 is 5.82 Å². The lowest BCUT2D eigenvalue weighted by molar-refractivity contribution is 0.0756. The van der Waals surface area contributed by atoms with E-state index in [0.717, 1.165) is 36.6 Å². The quantitative estimate of drug-likeness (QED) is 0.829. The molecule has 8 nitrogen and oxygen atoms in total. The van der Waals surface area contributed by atoms with Gasteiger partial charge in [0.1, 0.15) is 5.82 Å². The van der Waals surface area contributed by atoms with Crippen LogP contribution in [0.2, 0.25) is 0 Å². The molecule has 2 aliphatic rings. The zero-order chi connectivity index (χ0) is 17.9. The van der Waals surface area contributed by atoms with Crippen molar-refractivity contribution in [3.05, 3.63) is 30.1 Å². The van der Waals surface area contributed by atoms with Crippen molar-refractivity contribution in [3.63, 3.8) is 0 Å². The summed E-state index contributed by atoms with van der Waals surface area (Å²) >= 11 is 0. The number of rotatable bonds is 4. The smallest absolute Gasteiger partial charge is 0.224 e. The third-order valence-corrected chi connectivity index (χ3v) is 4.70. The van der Waals surface area contributed by atoms with Gasteiger partial charge in [-0.1, -0.05) is 0 Å². The fourth-order valence-electron chi connectivity index (χ4n) is 3.34. The van der Waals surface area contributed by atoms with Crippen LogP contribution < -0.4 is 15.0 Å². The predicted octanol–water partition coefficient (Wildman–Crippen LogP) is 0.779. The Morgan fingerprint density at radius 1 is 1.38 bits per heavy atom. The molecule has 0 aromatic carbocycles. The Bertz CT molecular complexity index is 743. The van der Waals surface area contributed by atoms with Crippen LogP contribution in [0.3, 0.4) is 0 Å². The largest absolute Gasteiger partial charge is 0.480 e. The molecular formula is C18H23N5O3. The van der Waals surface area contributed by atoms with Gasteiger partial charge in [-0.05, 0) is 18.6 Å². The van der Waals surface area contributed by atoms with Crippen LogP contribution in [0.15, 0.2) is 24.4 Å². The molecule has 138 valence electrons. The molecule has 0 saturated carbocycles. The Labute approximate surface area is 152 Å². The Morgan fingerprint density at radius 2 is 2.31 bits per heavy atom. The Balaban J connectivity index is 1.77. The first kappa shape index (κ1) is 17.1. The lowest BCUT2D eigenvalue weighted by Crippen LogP contribution is -2.35. The van der Waals surface area contributed by atoms with Gasteiger partial charge in [-0.25, -0.2) is 15.0 Å². The normalized spacial score (nSPS) is 23.2. The summed E-state index contributed by atoms with van der Waals surface area (Å²) in [5.74, 6) is 1.86. The highest BCUT2D eigenvalue weighted by atomic mass is 16.5. The fraction of sp³-hybridized carbons (Fsp3) is 0.500. The van der Waals surface area contributed by atoms with Crippen LogP contribution in [-0.4, -0.2) is 66.1 Å². The summed E-state index contributed by atoms with van der Waals surface area (Å²) in [6.45, 7) is 3.42. The van der Waals surface area contributed by atoms with Crippen molar-refractivity contribution in [2.75, 3.05) is 44.9 Å². The number of anilines is 1. The predicted molar refractivity (Wildman–Crippen MR) is 96.2 cm³/mol. The van der Waals surface area contributed by atoms with Gasteiger partial charge in [-0.2, -0.15) is 0 Å². The Kier molecular flexibility index (Phi) is 4.96. The van der Waals surface area contributed by atoms with Crippen molar-refractivity contribution in [2.45, 2.75) is 18.6 Å².